The van der Waals surface area contributed by atoms with E-state index in [1.165, 1.54) is 11.6 Å². The lowest BCUT2D eigenvalue weighted by molar-refractivity contribution is 0.625. The first kappa shape index (κ1) is 12.9. The van der Waals surface area contributed by atoms with Crippen molar-refractivity contribution < 1.29 is 4.39 Å². The van der Waals surface area contributed by atoms with Gasteiger partial charge in [0.25, 0.3) is 0 Å². The summed E-state index contributed by atoms with van der Waals surface area (Å²) in [6.45, 7) is 5.11. The maximum absolute atomic E-state index is 13.1. The summed E-state index contributed by atoms with van der Waals surface area (Å²) in [6.07, 6.45) is 4.07. The van der Waals surface area contributed by atoms with Gasteiger partial charge in [-0.15, -0.1) is 0 Å². The van der Waals surface area contributed by atoms with Crippen LogP contribution in [0.25, 0.3) is 0 Å². The fourth-order valence-electron chi connectivity index (χ4n) is 1.67. The van der Waals surface area contributed by atoms with E-state index in [-0.39, 0.29) is 5.82 Å². The van der Waals surface area contributed by atoms with Crippen LogP contribution in [0.2, 0.25) is 0 Å². The van der Waals surface area contributed by atoms with Gasteiger partial charge in [0, 0.05) is 0 Å². The Labute approximate surface area is 97.4 Å². The Bertz CT molecular complexity index is 369. The van der Waals surface area contributed by atoms with Gasteiger partial charge < -0.3 is 5.32 Å². The molecule has 1 aromatic rings. The SMILES string of the molecule is CNCC/C=C(/C)Cc1cc(F)ccc1C. The number of rotatable bonds is 5. The molecule has 0 aliphatic rings. The molecule has 1 nitrogen and oxygen atoms in total. The van der Waals surface area contributed by atoms with Crippen LogP contribution < -0.4 is 5.32 Å². The molecule has 0 atom stereocenters. The van der Waals surface area contributed by atoms with Gasteiger partial charge in [-0.1, -0.05) is 17.7 Å². The molecule has 0 aliphatic heterocycles. The molecule has 2 heteroatoms. The first-order chi connectivity index (χ1) is 7.63. The monoisotopic (exact) mass is 221 g/mol. The van der Waals surface area contributed by atoms with E-state index in [4.69, 9.17) is 0 Å². The Kier molecular flexibility index (Phi) is 5.20. The summed E-state index contributed by atoms with van der Waals surface area (Å²) in [5.74, 6) is -0.149. The summed E-state index contributed by atoms with van der Waals surface area (Å²) < 4.78 is 13.1. The molecule has 88 valence electrons. The predicted molar refractivity (Wildman–Crippen MR) is 67.1 cm³/mol. The van der Waals surface area contributed by atoms with Crippen LogP contribution in [0.5, 0.6) is 0 Å². The van der Waals surface area contributed by atoms with Crippen LogP contribution in [0.15, 0.2) is 29.8 Å². The largest absolute Gasteiger partial charge is 0.319 e. The molecule has 0 bridgehead atoms. The van der Waals surface area contributed by atoms with Gasteiger partial charge in [-0.2, -0.15) is 0 Å². The van der Waals surface area contributed by atoms with E-state index in [9.17, 15) is 4.39 Å². The molecule has 0 heterocycles. The van der Waals surface area contributed by atoms with Gasteiger partial charge in [0.15, 0.2) is 0 Å². The fourth-order valence-corrected chi connectivity index (χ4v) is 1.67. The summed E-state index contributed by atoms with van der Waals surface area (Å²) in [5.41, 5.74) is 3.53. The Morgan fingerprint density at radius 3 is 2.88 bits per heavy atom. The molecule has 16 heavy (non-hydrogen) atoms. The van der Waals surface area contributed by atoms with Crippen molar-refractivity contribution in [3.8, 4) is 0 Å². The second-order valence-electron chi connectivity index (χ2n) is 4.19. The van der Waals surface area contributed by atoms with Crippen LogP contribution in [0, 0.1) is 12.7 Å². The predicted octanol–water partition coefficient (Wildman–Crippen LogP) is 3.23. The maximum atomic E-state index is 13.1. The zero-order valence-electron chi connectivity index (χ0n) is 10.3. The average Bonchev–Trinajstić information content (AvgIpc) is 2.24. The van der Waals surface area contributed by atoms with Crippen molar-refractivity contribution >= 4 is 0 Å². The van der Waals surface area contributed by atoms with Crippen molar-refractivity contribution in [3.63, 3.8) is 0 Å². The van der Waals surface area contributed by atoms with Crippen molar-refractivity contribution in [1.29, 1.82) is 0 Å². The lowest BCUT2D eigenvalue weighted by Crippen LogP contribution is -2.06. The third kappa shape index (κ3) is 4.15. The molecule has 0 saturated heterocycles. The minimum atomic E-state index is -0.149. The standard InChI is InChI=1S/C14H20FN/c1-11(5-4-8-16-3)9-13-10-14(15)7-6-12(13)2/h5-7,10,16H,4,8-9H2,1-3H3/b11-5-. The first-order valence-corrected chi connectivity index (χ1v) is 5.68. The van der Waals surface area contributed by atoms with E-state index in [0.717, 1.165) is 30.5 Å². The summed E-state index contributed by atoms with van der Waals surface area (Å²) in [4.78, 5) is 0. The van der Waals surface area contributed by atoms with Crippen LogP contribution in [0.4, 0.5) is 4.39 Å². The molecule has 0 saturated carbocycles. The van der Waals surface area contributed by atoms with E-state index in [0.29, 0.717) is 0 Å². The topological polar surface area (TPSA) is 12.0 Å². The second-order valence-corrected chi connectivity index (χ2v) is 4.19. The van der Waals surface area contributed by atoms with Crippen molar-refractivity contribution in [2.45, 2.75) is 26.7 Å². The smallest absolute Gasteiger partial charge is 0.123 e. The molecule has 0 amide bonds. The molecule has 0 aromatic heterocycles. The van der Waals surface area contributed by atoms with Gasteiger partial charge in [-0.25, -0.2) is 4.39 Å². The van der Waals surface area contributed by atoms with E-state index >= 15 is 0 Å². The molecule has 0 unspecified atom stereocenters. The Hall–Kier alpha value is -1.15. The van der Waals surface area contributed by atoms with E-state index in [1.54, 1.807) is 6.07 Å². The third-order valence-corrected chi connectivity index (χ3v) is 2.67. The second kappa shape index (κ2) is 6.44. The van der Waals surface area contributed by atoms with Crippen molar-refractivity contribution in [3.05, 3.63) is 46.8 Å². The zero-order valence-corrected chi connectivity index (χ0v) is 10.3. The third-order valence-electron chi connectivity index (χ3n) is 2.67. The van der Waals surface area contributed by atoms with Crippen molar-refractivity contribution in [2.24, 2.45) is 0 Å². The Morgan fingerprint density at radius 2 is 2.19 bits per heavy atom. The lowest BCUT2D eigenvalue weighted by Gasteiger charge is -2.06. The molecule has 1 N–H and O–H groups in total. The van der Waals surface area contributed by atoms with Gasteiger partial charge >= 0.3 is 0 Å². The maximum Gasteiger partial charge on any atom is 0.123 e. The lowest BCUT2D eigenvalue weighted by atomic mass is 10.0. The number of aryl methyl sites for hydroxylation is 1. The van der Waals surface area contributed by atoms with Crippen LogP contribution in [0.1, 0.15) is 24.5 Å². The number of nitrogens with one attached hydrogen (secondary N) is 1. The molecule has 0 spiro atoms. The van der Waals surface area contributed by atoms with Crippen molar-refractivity contribution in [1.82, 2.24) is 5.32 Å². The Morgan fingerprint density at radius 1 is 1.44 bits per heavy atom. The summed E-state index contributed by atoms with van der Waals surface area (Å²) >= 11 is 0. The summed E-state index contributed by atoms with van der Waals surface area (Å²) in [5, 5.41) is 3.10. The highest BCUT2D eigenvalue weighted by Gasteiger charge is 2.01. The van der Waals surface area contributed by atoms with Gasteiger partial charge in [-0.3, -0.25) is 0 Å². The number of allylic oxidation sites excluding steroid dienone is 1. The van der Waals surface area contributed by atoms with Crippen LogP contribution in [-0.4, -0.2) is 13.6 Å². The van der Waals surface area contributed by atoms with Crippen LogP contribution >= 0.6 is 0 Å². The van der Waals surface area contributed by atoms with Gasteiger partial charge in [0.2, 0.25) is 0 Å². The highest BCUT2D eigenvalue weighted by molar-refractivity contribution is 5.30. The van der Waals surface area contributed by atoms with Crippen LogP contribution in [0.3, 0.4) is 0 Å². The van der Waals surface area contributed by atoms with E-state index in [1.807, 2.05) is 20.0 Å². The highest BCUT2D eigenvalue weighted by atomic mass is 19.1. The summed E-state index contributed by atoms with van der Waals surface area (Å²) in [7, 11) is 1.94. The van der Waals surface area contributed by atoms with Crippen LogP contribution in [-0.2, 0) is 6.42 Å². The highest BCUT2D eigenvalue weighted by Crippen LogP contribution is 2.14. The molecular formula is C14H20FN. The van der Waals surface area contributed by atoms with Gasteiger partial charge in [-0.05, 0) is 63.5 Å². The number of hydrogen-bond donors (Lipinski definition) is 1. The molecular weight excluding hydrogens is 201 g/mol. The molecule has 0 radical (unpaired) electrons. The Balaban J connectivity index is 2.65. The normalized spacial score (nSPS) is 11.9. The minimum absolute atomic E-state index is 0.149. The zero-order chi connectivity index (χ0) is 12.0. The number of hydrogen-bond acceptors (Lipinski definition) is 1. The quantitative estimate of drug-likeness (QED) is 0.594. The van der Waals surface area contributed by atoms with Gasteiger partial charge in [0.05, 0.1) is 0 Å². The van der Waals surface area contributed by atoms with Crippen molar-refractivity contribution in [2.75, 3.05) is 13.6 Å². The van der Waals surface area contributed by atoms with E-state index < -0.39 is 0 Å². The number of halogens is 1. The fraction of sp³-hybridized carbons (Fsp3) is 0.429. The average molecular weight is 221 g/mol. The molecule has 1 aromatic carbocycles. The number of benzene rings is 1. The summed E-state index contributed by atoms with van der Waals surface area (Å²) in [6, 6.07) is 4.98. The molecule has 0 aliphatic carbocycles. The van der Waals surface area contributed by atoms with Gasteiger partial charge in [0.1, 0.15) is 5.82 Å². The molecule has 1 rings (SSSR count). The minimum Gasteiger partial charge on any atom is -0.319 e. The first-order valence-electron chi connectivity index (χ1n) is 5.68. The molecule has 0 fully saturated rings. The van der Waals surface area contributed by atoms with E-state index in [2.05, 4.69) is 18.3 Å².